The minimum absolute atomic E-state index is 0.0790. The first kappa shape index (κ1) is 15.5. The van der Waals surface area contributed by atoms with Crippen LogP contribution in [0.2, 0.25) is 0 Å². The topological polar surface area (TPSA) is 68.5 Å². The lowest BCUT2D eigenvalue weighted by molar-refractivity contribution is -0.116. The molecule has 0 atom stereocenters. The van der Waals surface area contributed by atoms with E-state index < -0.39 is 0 Å². The monoisotopic (exact) mass is 374 g/mol. The van der Waals surface area contributed by atoms with E-state index in [2.05, 4.69) is 31.4 Å². The number of para-hydroxylation sites is 1. The molecule has 6 nitrogen and oxygen atoms in total. The summed E-state index contributed by atoms with van der Waals surface area (Å²) in [5.74, 6) is 0.731. The summed E-state index contributed by atoms with van der Waals surface area (Å²) in [5.41, 5.74) is 1.24. The fourth-order valence-electron chi connectivity index (χ4n) is 2.15. The van der Waals surface area contributed by atoms with E-state index in [1.807, 2.05) is 42.6 Å². The maximum absolute atomic E-state index is 12.1. The summed E-state index contributed by atoms with van der Waals surface area (Å²) in [6, 6.07) is 11.4. The molecule has 0 fully saturated rings. The van der Waals surface area contributed by atoms with E-state index in [1.165, 1.54) is 0 Å². The van der Waals surface area contributed by atoms with Gasteiger partial charge in [0.15, 0.2) is 5.65 Å². The lowest BCUT2D eigenvalue weighted by atomic mass is 10.3. The number of halogens is 1. The molecule has 0 spiro atoms. The standard InChI is InChI=1S/C16H15BrN4O2/c17-12-9-14(16-20-18-11-21(16)10-12)19-15(22)7-4-8-23-13-5-2-1-3-6-13/h1-3,5-6,9-11H,4,7-8H2,(H,19,22). The van der Waals surface area contributed by atoms with Crippen LogP contribution in [0.15, 0.2) is 53.4 Å². The lowest BCUT2D eigenvalue weighted by Crippen LogP contribution is -2.13. The molecule has 3 rings (SSSR count). The SMILES string of the molecule is O=C(CCCOc1ccccc1)Nc1cc(Br)cn2cnnc12. The third-order valence-electron chi connectivity index (χ3n) is 3.19. The molecule has 23 heavy (non-hydrogen) atoms. The molecule has 0 aliphatic carbocycles. The van der Waals surface area contributed by atoms with Crippen LogP contribution in [0.3, 0.4) is 0 Å². The van der Waals surface area contributed by atoms with E-state index in [-0.39, 0.29) is 5.91 Å². The quantitative estimate of drug-likeness (QED) is 0.672. The van der Waals surface area contributed by atoms with Crippen LogP contribution in [-0.2, 0) is 4.79 Å². The van der Waals surface area contributed by atoms with E-state index >= 15 is 0 Å². The summed E-state index contributed by atoms with van der Waals surface area (Å²) in [4.78, 5) is 12.1. The molecular weight excluding hydrogens is 360 g/mol. The van der Waals surface area contributed by atoms with Gasteiger partial charge in [0.05, 0.1) is 12.3 Å². The van der Waals surface area contributed by atoms with Crippen LogP contribution in [0.4, 0.5) is 5.69 Å². The van der Waals surface area contributed by atoms with Crippen molar-refractivity contribution >= 4 is 33.2 Å². The minimum Gasteiger partial charge on any atom is -0.494 e. The summed E-state index contributed by atoms with van der Waals surface area (Å²) in [6.07, 6.45) is 4.43. The second-order valence-corrected chi connectivity index (χ2v) is 5.86. The molecule has 0 aliphatic heterocycles. The molecule has 7 heteroatoms. The van der Waals surface area contributed by atoms with Gasteiger partial charge in [-0.15, -0.1) is 10.2 Å². The molecular formula is C16H15BrN4O2. The zero-order chi connectivity index (χ0) is 16.1. The van der Waals surface area contributed by atoms with Gasteiger partial charge in [-0.05, 0) is 40.5 Å². The fraction of sp³-hybridized carbons (Fsp3) is 0.188. The number of nitrogens with one attached hydrogen (secondary N) is 1. The molecule has 1 aromatic carbocycles. The Bertz CT molecular complexity index is 804. The lowest BCUT2D eigenvalue weighted by Gasteiger charge is -2.08. The van der Waals surface area contributed by atoms with Gasteiger partial charge in [0.2, 0.25) is 5.91 Å². The Kier molecular flexibility index (Phi) is 4.87. The van der Waals surface area contributed by atoms with Crippen molar-refractivity contribution in [2.75, 3.05) is 11.9 Å². The number of ether oxygens (including phenoxy) is 1. The van der Waals surface area contributed by atoms with Crippen molar-refractivity contribution in [3.8, 4) is 5.75 Å². The number of hydrogen-bond acceptors (Lipinski definition) is 4. The van der Waals surface area contributed by atoms with E-state index in [4.69, 9.17) is 4.74 Å². The third kappa shape index (κ3) is 4.07. The van der Waals surface area contributed by atoms with Crippen molar-refractivity contribution in [3.63, 3.8) is 0 Å². The molecule has 0 radical (unpaired) electrons. The molecule has 3 aromatic rings. The summed E-state index contributed by atoms with van der Waals surface area (Å²) in [5, 5.41) is 10.7. The molecule has 1 N–H and O–H groups in total. The van der Waals surface area contributed by atoms with Gasteiger partial charge >= 0.3 is 0 Å². The van der Waals surface area contributed by atoms with Crippen molar-refractivity contribution in [2.45, 2.75) is 12.8 Å². The first-order valence-electron chi connectivity index (χ1n) is 7.19. The summed E-state index contributed by atoms with van der Waals surface area (Å²) >= 11 is 3.40. The van der Waals surface area contributed by atoms with Gasteiger partial charge in [-0.25, -0.2) is 0 Å². The number of amides is 1. The summed E-state index contributed by atoms with van der Waals surface area (Å²) in [6.45, 7) is 0.496. The molecule has 0 saturated carbocycles. The highest BCUT2D eigenvalue weighted by molar-refractivity contribution is 9.10. The summed E-state index contributed by atoms with van der Waals surface area (Å²) in [7, 11) is 0. The smallest absolute Gasteiger partial charge is 0.224 e. The van der Waals surface area contributed by atoms with Gasteiger partial charge in [0.1, 0.15) is 12.1 Å². The molecule has 0 saturated heterocycles. The molecule has 2 heterocycles. The van der Waals surface area contributed by atoms with Crippen molar-refractivity contribution in [3.05, 3.63) is 53.4 Å². The van der Waals surface area contributed by atoms with Crippen LogP contribution >= 0.6 is 15.9 Å². The number of aromatic nitrogens is 3. The van der Waals surface area contributed by atoms with Gasteiger partial charge in [0.25, 0.3) is 0 Å². The number of benzene rings is 1. The summed E-state index contributed by atoms with van der Waals surface area (Å²) < 4.78 is 8.16. The Morgan fingerprint density at radius 1 is 1.30 bits per heavy atom. The highest BCUT2D eigenvalue weighted by atomic mass is 79.9. The predicted octanol–water partition coefficient (Wildman–Crippen LogP) is 3.29. The van der Waals surface area contributed by atoms with Gasteiger partial charge < -0.3 is 10.1 Å². The Hall–Kier alpha value is -2.41. The van der Waals surface area contributed by atoms with E-state index in [1.54, 1.807) is 10.7 Å². The third-order valence-corrected chi connectivity index (χ3v) is 3.63. The van der Waals surface area contributed by atoms with Crippen LogP contribution in [-0.4, -0.2) is 27.1 Å². The van der Waals surface area contributed by atoms with E-state index in [9.17, 15) is 4.79 Å². The number of fused-ring (bicyclic) bond motifs is 1. The van der Waals surface area contributed by atoms with E-state index in [0.29, 0.717) is 30.8 Å². The zero-order valence-electron chi connectivity index (χ0n) is 12.3. The normalized spacial score (nSPS) is 10.7. The fourth-order valence-corrected chi connectivity index (χ4v) is 2.60. The maximum Gasteiger partial charge on any atom is 0.224 e. The second kappa shape index (κ2) is 7.23. The van der Waals surface area contributed by atoms with Gasteiger partial charge in [0, 0.05) is 17.1 Å². The number of hydrogen-bond donors (Lipinski definition) is 1. The van der Waals surface area contributed by atoms with Crippen LogP contribution in [0.1, 0.15) is 12.8 Å². The number of anilines is 1. The van der Waals surface area contributed by atoms with Crippen molar-refractivity contribution in [1.29, 1.82) is 0 Å². The highest BCUT2D eigenvalue weighted by Crippen LogP contribution is 2.21. The first-order valence-corrected chi connectivity index (χ1v) is 7.98. The number of rotatable bonds is 6. The van der Waals surface area contributed by atoms with Gasteiger partial charge in [-0.1, -0.05) is 18.2 Å². The minimum atomic E-state index is -0.0790. The Balaban J connectivity index is 1.52. The molecule has 118 valence electrons. The molecule has 0 aliphatic rings. The maximum atomic E-state index is 12.1. The molecule has 0 bridgehead atoms. The van der Waals surface area contributed by atoms with Crippen molar-refractivity contribution in [1.82, 2.24) is 14.6 Å². The molecule has 2 aromatic heterocycles. The highest BCUT2D eigenvalue weighted by Gasteiger charge is 2.09. The van der Waals surface area contributed by atoms with Crippen LogP contribution in [0.5, 0.6) is 5.75 Å². The van der Waals surface area contributed by atoms with Crippen LogP contribution < -0.4 is 10.1 Å². The Labute approximate surface area is 141 Å². The number of carbonyl (C=O) groups is 1. The average molecular weight is 375 g/mol. The average Bonchev–Trinajstić information content (AvgIpc) is 3.01. The predicted molar refractivity (Wildman–Crippen MR) is 90.5 cm³/mol. The number of nitrogens with zero attached hydrogens (tertiary/aromatic N) is 3. The van der Waals surface area contributed by atoms with E-state index in [0.717, 1.165) is 10.2 Å². The number of carbonyl (C=O) groups excluding carboxylic acids is 1. The van der Waals surface area contributed by atoms with Crippen molar-refractivity contribution < 1.29 is 9.53 Å². The number of pyridine rings is 1. The Morgan fingerprint density at radius 3 is 2.96 bits per heavy atom. The molecule has 0 unspecified atom stereocenters. The first-order chi connectivity index (χ1) is 11.2. The zero-order valence-corrected chi connectivity index (χ0v) is 13.9. The second-order valence-electron chi connectivity index (χ2n) is 4.95. The van der Waals surface area contributed by atoms with Gasteiger partial charge in [-0.3, -0.25) is 9.20 Å². The molecule has 1 amide bonds. The Morgan fingerprint density at radius 2 is 2.13 bits per heavy atom. The van der Waals surface area contributed by atoms with Crippen LogP contribution in [0, 0.1) is 0 Å². The largest absolute Gasteiger partial charge is 0.494 e. The van der Waals surface area contributed by atoms with Crippen LogP contribution in [0.25, 0.3) is 5.65 Å². The van der Waals surface area contributed by atoms with Gasteiger partial charge in [-0.2, -0.15) is 0 Å². The van der Waals surface area contributed by atoms with Crippen molar-refractivity contribution in [2.24, 2.45) is 0 Å².